The Morgan fingerprint density at radius 1 is 0.941 bits per heavy atom. The van der Waals surface area contributed by atoms with Crippen LogP contribution in [0, 0.1) is 16.7 Å². The standard InChI is InChI=1S/C16H31N/c1-15(2,3)10-5-11-16(4,13-6-7-13)12-17-14-8-9-14/h13-14,17H,5-12H2,1-4H3. The molecule has 2 rings (SSSR count). The van der Waals surface area contributed by atoms with Gasteiger partial charge in [-0.15, -0.1) is 0 Å². The Kier molecular flexibility index (Phi) is 3.87. The summed E-state index contributed by atoms with van der Waals surface area (Å²) in [7, 11) is 0. The van der Waals surface area contributed by atoms with Crippen molar-refractivity contribution in [2.75, 3.05) is 6.54 Å². The predicted octanol–water partition coefficient (Wildman–Crippen LogP) is 4.37. The van der Waals surface area contributed by atoms with Gasteiger partial charge in [-0.3, -0.25) is 0 Å². The summed E-state index contributed by atoms with van der Waals surface area (Å²) in [6.45, 7) is 10.9. The molecule has 17 heavy (non-hydrogen) atoms. The first-order chi connectivity index (χ1) is 7.89. The van der Waals surface area contributed by atoms with Gasteiger partial charge in [-0.1, -0.05) is 34.1 Å². The molecule has 1 atom stereocenters. The molecule has 2 aliphatic rings. The van der Waals surface area contributed by atoms with Crippen LogP contribution in [0.25, 0.3) is 0 Å². The second-order valence-corrected chi connectivity index (χ2v) is 8.00. The van der Waals surface area contributed by atoms with Crippen molar-refractivity contribution in [3.8, 4) is 0 Å². The lowest BCUT2D eigenvalue weighted by atomic mass is 9.77. The fraction of sp³-hybridized carbons (Fsp3) is 1.00. The molecule has 1 heteroatoms. The molecule has 0 spiro atoms. The fourth-order valence-corrected chi connectivity index (χ4v) is 2.90. The van der Waals surface area contributed by atoms with Crippen molar-refractivity contribution in [1.29, 1.82) is 0 Å². The van der Waals surface area contributed by atoms with Crippen LogP contribution in [-0.2, 0) is 0 Å². The number of hydrogen-bond acceptors (Lipinski definition) is 1. The van der Waals surface area contributed by atoms with Crippen molar-refractivity contribution in [3.63, 3.8) is 0 Å². The first-order valence-corrected chi connectivity index (χ1v) is 7.62. The van der Waals surface area contributed by atoms with E-state index in [1.165, 1.54) is 51.5 Å². The largest absolute Gasteiger partial charge is 0.313 e. The lowest BCUT2D eigenvalue weighted by Gasteiger charge is -2.31. The maximum atomic E-state index is 3.77. The van der Waals surface area contributed by atoms with E-state index in [9.17, 15) is 0 Å². The summed E-state index contributed by atoms with van der Waals surface area (Å²) in [6.07, 6.45) is 10.0. The Labute approximate surface area is 108 Å². The summed E-state index contributed by atoms with van der Waals surface area (Å²) < 4.78 is 0. The zero-order valence-electron chi connectivity index (χ0n) is 12.3. The SMILES string of the molecule is CC(C)(C)CCCC(C)(CNC1CC1)C1CC1. The molecule has 0 aromatic rings. The van der Waals surface area contributed by atoms with Crippen LogP contribution in [0.3, 0.4) is 0 Å². The average Bonchev–Trinajstić information content (AvgIpc) is 3.04. The molecule has 0 aromatic carbocycles. The first kappa shape index (κ1) is 13.4. The summed E-state index contributed by atoms with van der Waals surface area (Å²) in [6, 6.07) is 0.871. The highest BCUT2D eigenvalue weighted by molar-refractivity contribution is 4.94. The minimum absolute atomic E-state index is 0.508. The molecule has 0 heterocycles. The number of hydrogen-bond donors (Lipinski definition) is 1. The van der Waals surface area contributed by atoms with E-state index in [2.05, 4.69) is 33.0 Å². The van der Waals surface area contributed by atoms with E-state index in [4.69, 9.17) is 0 Å². The number of nitrogens with one attached hydrogen (secondary N) is 1. The monoisotopic (exact) mass is 237 g/mol. The second-order valence-electron chi connectivity index (χ2n) is 8.00. The molecule has 2 aliphatic carbocycles. The van der Waals surface area contributed by atoms with Crippen LogP contribution in [0.4, 0.5) is 0 Å². The van der Waals surface area contributed by atoms with Crippen molar-refractivity contribution >= 4 is 0 Å². The van der Waals surface area contributed by atoms with E-state index in [-0.39, 0.29) is 0 Å². The summed E-state index contributed by atoms with van der Waals surface area (Å²) in [4.78, 5) is 0. The molecule has 0 amide bonds. The minimum Gasteiger partial charge on any atom is -0.313 e. The average molecular weight is 237 g/mol. The molecule has 0 aromatic heterocycles. The highest BCUT2D eigenvalue weighted by Gasteiger charge is 2.41. The van der Waals surface area contributed by atoms with Crippen molar-refractivity contribution < 1.29 is 0 Å². The normalized spacial score (nSPS) is 24.7. The Bertz CT molecular complexity index is 245. The second kappa shape index (κ2) is 4.91. The van der Waals surface area contributed by atoms with Crippen LogP contribution in [0.15, 0.2) is 0 Å². The van der Waals surface area contributed by atoms with E-state index in [0.717, 1.165) is 12.0 Å². The first-order valence-electron chi connectivity index (χ1n) is 7.62. The van der Waals surface area contributed by atoms with Gasteiger partial charge in [-0.25, -0.2) is 0 Å². The molecular weight excluding hydrogens is 206 g/mol. The van der Waals surface area contributed by atoms with E-state index in [1.807, 2.05) is 0 Å². The Balaban J connectivity index is 1.74. The van der Waals surface area contributed by atoms with Crippen LogP contribution in [-0.4, -0.2) is 12.6 Å². The van der Waals surface area contributed by atoms with Crippen LogP contribution in [0.5, 0.6) is 0 Å². The molecule has 1 nitrogen and oxygen atoms in total. The topological polar surface area (TPSA) is 12.0 Å². The molecule has 2 saturated carbocycles. The minimum atomic E-state index is 0.508. The summed E-state index contributed by atoms with van der Waals surface area (Å²) >= 11 is 0. The summed E-state index contributed by atoms with van der Waals surface area (Å²) in [5.41, 5.74) is 1.10. The van der Waals surface area contributed by atoms with Crippen molar-refractivity contribution in [3.05, 3.63) is 0 Å². The highest BCUT2D eigenvalue weighted by atomic mass is 15.0. The fourth-order valence-electron chi connectivity index (χ4n) is 2.90. The summed E-state index contributed by atoms with van der Waals surface area (Å²) in [5, 5.41) is 3.77. The van der Waals surface area contributed by atoms with Gasteiger partial charge in [-0.05, 0) is 55.3 Å². The van der Waals surface area contributed by atoms with Crippen LogP contribution in [0.2, 0.25) is 0 Å². The Morgan fingerprint density at radius 3 is 2.06 bits per heavy atom. The summed E-state index contributed by atoms with van der Waals surface area (Å²) in [5.74, 6) is 1.02. The van der Waals surface area contributed by atoms with Gasteiger partial charge in [0.25, 0.3) is 0 Å². The van der Waals surface area contributed by atoms with E-state index in [0.29, 0.717) is 10.8 Å². The molecule has 1 unspecified atom stereocenters. The molecule has 100 valence electrons. The molecule has 0 saturated heterocycles. The van der Waals surface area contributed by atoms with Gasteiger partial charge in [-0.2, -0.15) is 0 Å². The zero-order chi connectivity index (χ0) is 12.5. The van der Waals surface area contributed by atoms with Gasteiger partial charge in [0.15, 0.2) is 0 Å². The lowest BCUT2D eigenvalue weighted by molar-refractivity contribution is 0.213. The quantitative estimate of drug-likeness (QED) is 0.693. The zero-order valence-corrected chi connectivity index (χ0v) is 12.3. The van der Waals surface area contributed by atoms with Crippen molar-refractivity contribution in [2.24, 2.45) is 16.7 Å². The maximum Gasteiger partial charge on any atom is 0.00684 e. The van der Waals surface area contributed by atoms with E-state index < -0.39 is 0 Å². The van der Waals surface area contributed by atoms with Crippen molar-refractivity contribution in [1.82, 2.24) is 5.32 Å². The van der Waals surface area contributed by atoms with Crippen LogP contribution in [0.1, 0.15) is 72.6 Å². The third-order valence-electron chi connectivity index (χ3n) is 4.61. The van der Waals surface area contributed by atoms with Gasteiger partial charge in [0, 0.05) is 12.6 Å². The Morgan fingerprint density at radius 2 is 1.59 bits per heavy atom. The van der Waals surface area contributed by atoms with Crippen molar-refractivity contribution in [2.45, 2.75) is 78.7 Å². The van der Waals surface area contributed by atoms with E-state index >= 15 is 0 Å². The molecule has 2 fully saturated rings. The van der Waals surface area contributed by atoms with Gasteiger partial charge < -0.3 is 5.32 Å². The van der Waals surface area contributed by atoms with Gasteiger partial charge >= 0.3 is 0 Å². The molecular formula is C16H31N. The highest BCUT2D eigenvalue weighted by Crippen LogP contribution is 2.48. The third-order valence-corrected chi connectivity index (χ3v) is 4.61. The predicted molar refractivity (Wildman–Crippen MR) is 75.2 cm³/mol. The van der Waals surface area contributed by atoms with Crippen LogP contribution < -0.4 is 5.32 Å². The molecule has 0 radical (unpaired) electrons. The van der Waals surface area contributed by atoms with Gasteiger partial charge in [0.1, 0.15) is 0 Å². The maximum absolute atomic E-state index is 3.77. The van der Waals surface area contributed by atoms with Gasteiger partial charge in [0.05, 0.1) is 0 Å². The smallest absolute Gasteiger partial charge is 0.00684 e. The Hall–Kier alpha value is -0.0400. The third kappa shape index (κ3) is 4.62. The van der Waals surface area contributed by atoms with Gasteiger partial charge in [0.2, 0.25) is 0 Å². The lowest BCUT2D eigenvalue weighted by Crippen LogP contribution is -2.35. The molecule has 0 aliphatic heterocycles. The number of rotatable bonds is 7. The molecule has 1 N–H and O–H groups in total. The molecule has 0 bridgehead atoms. The van der Waals surface area contributed by atoms with E-state index in [1.54, 1.807) is 0 Å². The van der Waals surface area contributed by atoms with Crippen LogP contribution >= 0.6 is 0 Å².